The van der Waals surface area contributed by atoms with E-state index in [2.05, 4.69) is 4.98 Å². The fourth-order valence-corrected chi connectivity index (χ4v) is 0.815. The molecule has 0 spiro atoms. The summed E-state index contributed by atoms with van der Waals surface area (Å²) in [6.07, 6.45) is 1.35. The highest BCUT2D eigenvalue weighted by Crippen LogP contribution is 2.14. The SMILES string of the molecule is CC(=O)c1ncccc1[N+](=O)[O-]. The minimum Gasteiger partial charge on any atom is -0.292 e. The van der Waals surface area contributed by atoms with Gasteiger partial charge in [-0.1, -0.05) is 0 Å². The molecule has 0 bridgehead atoms. The predicted molar refractivity (Wildman–Crippen MR) is 40.9 cm³/mol. The largest absolute Gasteiger partial charge is 0.298 e. The second-order valence-corrected chi connectivity index (χ2v) is 2.18. The second-order valence-electron chi connectivity index (χ2n) is 2.18. The van der Waals surface area contributed by atoms with E-state index in [1.807, 2.05) is 0 Å². The molecule has 0 atom stereocenters. The third kappa shape index (κ3) is 1.45. The van der Waals surface area contributed by atoms with Crippen LogP contribution in [0.5, 0.6) is 0 Å². The molecular formula is C7H6N2O3. The second kappa shape index (κ2) is 3.08. The number of nitrogens with zero attached hydrogens (tertiary/aromatic N) is 2. The van der Waals surface area contributed by atoms with Gasteiger partial charge in [-0.25, -0.2) is 4.98 Å². The van der Waals surface area contributed by atoms with Crippen molar-refractivity contribution in [2.45, 2.75) is 6.92 Å². The zero-order valence-electron chi connectivity index (χ0n) is 6.35. The van der Waals surface area contributed by atoms with E-state index in [1.54, 1.807) is 0 Å². The standard InChI is InChI=1S/C7H6N2O3/c1-5(10)7-6(9(11)12)3-2-4-8-7/h2-4H,1H3. The van der Waals surface area contributed by atoms with E-state index in [0.29, 0.717) is 0 Å². The molecule has 1 rings (SSSR count). The minimum atomic E-state index is -0.621. The van der Waals surface area contributed by atoms with Crippen molar-refractivity contribution >= 4 is 11.5 Å². The number of nitro groups is 1. The molecule has 0 aliphatic carbocycles. The molecule has 1 heterocycles. The van der Waals surface area contributed by atoms with Crippen LogP contribution in [0, 0.1) is 10.1 Å². The predicted octanol–water partition coefficient (Wildman–Crippen LogP) is 1.19. The molecule has 0 N–H and O–H groups in total. The summed E-state index contributed by atoms with van der Waals surface area (Å²) < 4.78 is 0. The van der Waals surface area contributed by atoms with Crippen LogP contribution in [0.1, 0.15) is 17.4 Å². The van der Waals surface area contributed by atoms with Crippen LogP contribution in [0.25, 0.3) is 0 Å². The summed E-state index contributed by atoms with van der Waals surface area (Å²) in [6.45, 7) is 1.25. The van der Waals surface area contributed by atoms with E-state index < -0.39 is 10.7 Å². The van der Waals surface area contributed by atoms with Crippen LogP contribution in [-0.4, -0.2) is 15.7 Å². The van der Waals surface area contributed by atoms with Crippen LogP contribution in [0.2, 0.25) is 0 Å². The number of hydrogen-bond acceptors (Lipinski definition) is 4. The summed E-state index contributed by atoms with van der Waals surface area (Å²) in [5.74, 6) is -0.401. The summed E-state index contributed by atoms with van der Waals surface area (Å²) >= 11 is 0. The molecule has 12 heavy (non-hydrogen) atoms. The zero-order chi connectivity index (χ0) is 9.14. The number of pyridine rings is 1. The molecule has 1 aromatic heterocycles. The van der Waals surface area contributed by atoms with Crippen LogP contribution < -0.4 is 0 Å². The van der Waals surface area contributed by atoms with Gasteiger partial charge < -0.3 is 0 Å². The van der Waals surface area contributed by atoms with Crippen molar-refractivity contribution in [3.8, 4) is 0 Å². The van der Waals surface area contributed by atoms with Crippen molar-refractivity contribution in [1.29, 1.82) is 0 Å². The minimum absolute atomic E-state index is 0.0949. The molecule has 1 aromatic rings. The average molecular weight is 166 g/mol. The first kappa shape index (κ1) is 8.32. The van der Waals surface area contributed by atoms with E-state index in [-0.39, 0.29) is 11.4 Å². The van der Waals surface area contributed by atoms with Gasteiger partial charge in [-0.3, -0.25) is 14.9 Å². The monoisotopic (exact) mass is 166 g/mol. The van der Waals surface area contributed by atoms with Gasteiger partial charge in [-0.15, -0.1) is 0 Å². The molecule has 0 unspecified atom stereocenters. The summed E-state index contributed by atoms with van der Waals surface area (Å²) in [6, 6.07) is 2.67. The first-order valence-corrected chi connectivity index (χ1v) is 3.23. The highest BCUT2D eigenvalue weighted by molar-refractivity contribution is 5.95. The number of ketones is 1. The molecule has 5 nitrogen and oxygen atoms in total. The number of carbonyl (C=O) groups excluding carboxylic acids is 1. The van der Waals surface area contributed by atoms with Crippen LogP contribution in [-0.2, 0) is 0 Å². The van der Waals surface area contributed by atoms with E-state index in [0.717, 1.165) is 0 Å². The van der Waals surface area contributed by atoms with Crippen molar-refractivity contribution in [3.63, 3.8) is 0 Å². The highest BCUT2D eigenvalue weighted by atomic mass is 16.6. The molecule has 0 aliphatic rings. The lowest BCUT2D eigenvalue weighted by Gasteiger charge is -1.94. The quantitative estimate of drug-likeness (QED) is 0.375. The fourth-order valence-electron chi connectivity index (χ4n) is 0.815. The van der Waals surface area contributed by atoms with Gasteiger partial charge in [0.05, 0.1) is 4.92 Å². The van der Waals surface area contributed by atoms with Gasteiger partial charge in [-0.05, 0) is 6.07 Å². The number of carbonyl (C=O) groups is 1. The Kier molecular flexibility index (Phi) is 2.14. The molecule has 0 amide bonds. The molecule has 62 valence electrons. The number of rotatable bonds is 2. The Hall–Kier alpha value is -1.78. The van der Waals surface area contributed by atoms with Gasteiger partial charge >= 0.3 is 0 Å². The maximum atomic E-state index is 10.8. The van der Waals surface area contributed by atoms with Gasteiger partial charge in [0.1, 0.15) is 0 Å². The smallest absolute Gasteiger partial charge is 0.292 e. The highest BCUT2D eigenvalue weighted by Gasteiger charge is 2.16. The van der Waals surface area contributed by atoms with Gasteiger partial charge in [0, 0.05) is 19.2 Å². The van der Waals surface area contributed by atoms with Crippen LogP contribution in [0.3, 0.4) is 0 Å². The lowest BCUT2D eigenvalue weighted by atomic mass is 10.2. The van der Waals surface area contributed by atoms with Crippen molar-refractivity contribution in [3.05, 3.63) is 34.1 Å². The molecule has 0 aliphatic heterocycles. The molecule has 0 aromatic carbocycles. The number of aromatic nitrogens is 1. The van der Waals surface area contributed by atoms with E-state index in [1.165, 1.54) is 25.3 Å². The van der Waals surface area contributed by atoms with Gasteiger partial charge in [0.15, 0.2) is 11.5 Å². The first-order chi connectivity index (χ1) is 5.63. The average Bonchev–Trinajstić information content (AvgIpc) is 2.04. The maximum Gasteiger partial charge on any atom is 0.298 e. The van der Waals surface area contributed by atoms with Crippen molar-refractivity contribution < 1.29 is 9.72 Å². The Bertz CT molecular complexity index is 302. The first-order valence-electron chi connectivity index (χ1n) is 3.23. The van der Waals surface area contributed by atoms with Crippen molar-refractivity contribution in [2.24, 2.45) is 0 Å². The summed E-state index contributed by atoms with van der Waals surface area (Å²) in [4.78, 5) is 24.1. The molecule has 0 fully saturated rings. The van der Waals surface area contributed by atoms with Gasteiger partial charge in [-0.2, -0.15) is 0 Å². The summed E-state index contributed by atoms with van der Waals surface area (Å²) in [5.41, 5.74) is -0.340. The molecule has 0 radical (unpaired) electrons. The fraction of sp³-hybridized carbons (Fsp3) is 0.143. The van der Waals surface area contributed by atoms with Crippen LogP contribution in [0.15, 0.2) is 18.3 Å². The van der Waals surface area contributed by atoms with E-state index >= 15 is 0 Å². The molecule has 0 saturated carbocycles. The maximum absolute atomic E-state index is 10.8. The van der Waals surface area contributed by atoms with E-state index in [9.17, 15) is 14.9 Å². The van der Waals surface area contributed by atoms with E-state index in [4.69, 9.17) is 0 Å². The molecule has 0 saturated heterocycles. The Morgan fingerprint density at radius 2 is 2.33 bits per heavy atom. The molecule has 5 heteroatoms. The van der Waals surface area contributed by atoms with Crippen LogP contribution >= 0.6 is 0 Å². The Morgan fingerprint density at radius 1 is 1.67 bits per heavy atom. The topological polar surface area (TPSA) is 73.1 Å². The van der Waals surface area contributed by atoms with Gasteiger partial charge in [0.25, 0.3) is 5.69 Å². The zero-order valence-corrected chi connectivity index (χ0v) is 6.35. The summed E-state index contributed by atoms with van der Waals surface area (Å²) in [5, 5.41) is 10.3. The third-order valence-electron chi connectivity index (χ3n) is 1.32. The number of Topliss-reactive ketones (excluding diaryl/α,β-unsaturated/α-hetero) is 1. The third-order valence-corrected chi connectivity index (χ3v) is 1.32. The lowest BCUT2D eigenvalue weighted by Crippen LogP contribution is -2.02. The van der Waals surface area contributed by atoms with Crippen molar-refractivity contribution in [2.75, 3.05) is 0 Å². The number of hydrogen-bond donors (Lipinski definition) is 0. The molecular weight excluding hydrogens is 160 g/mol. The normalized spacial score (nSPS) is 9.42. The Morgan fingerprint density at radius 3 is 2.75 bits per heavy atom. The lowest BCUT2D eigenvalue weighted by molar-refractivity contribution is -0.385. The van der Waals surface area contributed by atoms with Gasteiger partial charge in [0.2, 0.25) is 0 Å². The van der Waals surface area contributed by atoms with Crippen molar-refractivity contribution in [1.82, 2.24) is 4.98 Å². The summed E-state index contributed by atoms with van der Waals surface area (Å²) in [7, 11) is 0. The Balaban J connectivity index is 3.27. The van der Waals surface area contributed by atoms with Crippen LogP contribution in [0.4, 0.5) is 5.69 Å². The Labute approximate surface area is 68.2 Å².